The summed E-state index contributed by atoms with van der Waals surface area (Å²) < 4.78 is 40.7. The number of fused-ring (bicyclic) bond motifs is 1. The Morgan fingerprint density at radius 3 is 2.70 bits per heavy atom. The van der Waals surface area contributed by atoms with Gasteiger partial charge < -0.3 is 5.32 Å². The van der Waals surface area contributed by atoms with Crippen LogP contribution in [0.5, 0.6) is 0 Å². The fraction of sp³-hybridized carbons (Fsp3) is 0.667. The van der Waals surface area contributed by atoms with Gasteiger partial charge in [0.2, 0.25) is 5.65 Å². The van der Waals surface area contributed by atoms with E-state index < -0.39 is 12.1 Å². The van der Waals surface area contributed by atoms with Gasteiger partial charge in [0.05, 0.1) is 5.92 Å². The van der Waals surface area contributed by atoms with E-state index in [0.29, 0.717) is 23.8 Å². The molecule has 0 amide bonds. The smallest absolute Gasteiger partial charge is 0.364 e. The summed E-state index contributed by atoms with van der Waals surface area (Å²) in [5, 5.41) is 11.6. The number of nitrogens with one attached hydrogen (secondary N) is 1. The molecule has 0 spiro atoms. The molecule has 23 heavy (non-hydrogen) atoms. The van der Waals surface area contributed by atoms with Gasteiger partial charge in [-0.25, -0.2) is 4.98 Å². The van der Waals surface area contributed by atoms with E-state index in [1.165, 1.54) is 0 Å². The fourth-order valence-corrected chi connectivity index (χ4v) is 3.38. The van der Waals surface area contributed by atoms with Crippen LogP contribution in [0.15, 0.2) is 12.4 Å². The van der Waals surface area contributed by atoms with Crippen molar-refractivity contribution >= 4 is 11.5 Å². The van der Waals surface area contributed by atoms with E-state index in [9.17, 15) is 13.2 Å². The van der Waals surface area contributed by atoms with Crippen LogP contribution in [0.4, 0.5) is 19.0 Å². The molecule has 4 rings (SSSR count). The lowest BCUT2D eigenvalue weighted by Crippen LogP contribution is -2.34. The quantitative estimate of drug-likeness (QED) is 0.938. The number of hydrogen-bond acceptors (Lipinski definition) is 4. The highest BCUT2D eigenvalue weighted by Crippen LogP contribution is 2.40. The lowest BCUT2D eigenvalue weighted by molar-refractivity contribution is -0.182. The van der Waals surface area contributed by atoms with E-state index in [-0.39, 0.29) is 18.9 Å². The summed E-state index contributed by atoms with van der Waals surface area (Å²) >= 11 is 0. The van der Waals surface area contributed by atoms with E-state index in [0.717, 1.165) is 25.1 Å². The number of hydrogen-bond donors (Lipinski definition) is 1. The predicted octanol–water partition coefficient (Wildman–Crippen LogP) is 3.53. The Hall–Kier alpha value is -1.86. The lowest BCUT2D eigenvalue weighted by atomic mass is 9.85. The highest BCUT2D eigenvalue weighted by molar-refractivity contribution is 5.62. The van der Waals surface area contributed by atoms with E-state index in [1.807, 2.05) is 10.6 Å². The van der Waals surface area contributed by atoms with Crippen molar-refractivity contribution in [3.63, 3.8) is 0 Å². The third-order valence-electron chi connectivity index (χ3n) is 4.77. The molecule has 0 saturated heterocycles. The molecule has 2 aliphatic rings. The third-order valence-corrected chi connectivity index (χ3v) is 4.77. The maximum atomic E-state index is 12.9. The minimum atomic E-state index is -4.12. The van der Waals surface area contributed by atoms with Gasteiger partial charge in [0.25, 0.3) is 0 Å². The molecule has 2 unspecified atom stereocenters. The highest BCUT2D eigenvalue weighted by atomic mass is 19.4. The first kappa shape index (κ1) is 14.7. The third kappa shape index (κ3) is 2.86. The standard InChI is InChI=1S/C15H18F3N5/c16-15(17,18)10-2-1-3-11(8-10)20-12-14-22-21-13(9-4-5-9)23(14)7-6-19-12/h6-7,9-11H,1-5,8H2,(H,19,20). The van der Waals surface area contributed by atoms with E-state index in [4.69, 9.17) is 0 Å². The molecule has 5 nitrogen and oxygen atoms in total. The van der Waals surface area contributed by atoms with Crippen LogP contribution in [0.3, 0.4) is 0 Å². The average Bonchev–Trinajstić information content (AvgIpc) is 3.26. The first-order valence-corrected chi connectivity index (χ1v) is 8.05. The molecule has 2 heterocycles. The van der Waals surface area contributed by atoms with Gasteiger partial charge in [0, 0.05) is 24.4 Å². The molecule has 0 aromatic carbocycles. The minimum absolute atomic E-state index is 0.0931. The first-order chi connectivity index (χ1) is 11.0. The zero-order chi connectivity index (χ0) is 16.0. The van der Waals surface area contributed by atoms with Gasteiger partial charge in [0.15, 0.2) is 5.82 Å². The second-order valence-corrected chi connectivity index (χ2v) is 6.55. The monoisotopic (exact) mass is 325 g/mol. The van der Waals surface area contributed by atoms with Crippen LogP contribution in [0.1, 0.15) is 50.3 Å². The molecular weight excluding hydrogens is 307 g/mol. The lowest BCUT2D eigenvalue weighted by Gasteiger charge is -2.31. The highest BCUT2D eigenvalue weighted by Gasteiger charge is 2.42. The molecule has 2 aliphatic carbocycles. The summed E-state index contributed by atoms with van der Waals surface area (Å²) in [6.07, 6.45) is 3.18. The molecule has 0 radical (unpaired) electrons. The summed E-state index contributed by atoms with van der Waals surface area (Å²) in [4.78, 5) is 4.27. The summed E-state index contributed by atoms with van der Waals surface area (Å²) in [5.41, 5.74) is 0.600. The predicted molar refractivity (Wildman–Crippen MR) is 78.2 cm³/mol. The number of halogens is 3. The van der Waals surface area contributed by atoms with E-state index in [1.54, 1.807) is 6.20 Å². The molecule has 0 aliphatic heterocycles. The van der Waals surface area contributed by atoms with Crippen molar-refractivity contribution in [3.05, 3.63) is 18.2 Å². The summed E-state index contributed by atoms with van der Waals surface area (Å²) in [6, 6.07) is -0.227. The summed E-state index contributed by atoms with van der Waals surface area (Å²) in [7, 11) is 0. The Bertz CT molecular complexity index is 707. The Kier molecular flexibility index (Phi) is 3.42. The molecule has 124 valence electrons. The van der Waals surface area contributed by atoms with Crippen LogP contribution < -0.4 is 5.32 Å². The average molecular weight is 325 g/mol. The van der Waals surface area contributed by atoms with Crippen LogP contribution in [-0.4, -0.2) is 31.8 Å². The molecule has 1 N–H and O–H groups in total. The zero-order valence-corrected chi connectivity index (χ0v) is 12.6. The maximum absolute atomic E-state index is 12.9. The van der Waals surface area contributed by atoms with Crippen molar-refractivity contribution < 1.29 is 13.2 Å². The molecule has 0 bridgehead atoms. The van der Waals surface area contributed by atoms with Crippen molar-refractivity contribution in [1.29, 1.82) is 0 Å². The van der Waals surface area contributed by atoms with Crippen LogP contribution in [0.25, 0.3) is 5.65 Å². The van der Waals surface area contributed by atoms with Crippen LogP contribution in [0, 0.1) is 5.92 Å². The van der Waals surface area contributed by atoms with Gasteiger partial charge in [-0.2, -0.15) is 13.2 Å². The van der Waals surface area contributed by atoms with Crippen LogP contribution >= 0.6 is 0 Å². The molecule has 2 fully saturated rings. The van der Waals surface area contributed by atoms with Gasteiger partial charge in [-0.1, -0.05) is 6.42 Å². The Balaban J connectivity index is 1.55. The SMILES string of the molecule is FC(F)(F)C1CCCC(Nc2nccn3c(C4CC4)nnc23)C1. The van der Waals surface area contributed by atoms with Gasteiger partial charge in [-0.3, -0.25) is 4.40 Å². The molecular formula is C15H18F3N5. The van der Waals surface area contributed by atoms with Crippen molar-refractivity contribution in [2.75, 3.05) is 5.32 Å². The largest absolute Gasteiger partial charge is 0.391 e. The summed E-state index contributed by atoms with van der Waals surface area (Å²) in [5.74, 6) is 0.667. The van der Waals surface area contributed by atoms with Crippen LogP contribution in [0.2, 0.25) is 0 Å². The number of anilines is 1. The molecule has 2 aromatic heterocycles. The zero-order valence-electron chi connectivity index (χ0n) is 12.6. The van der Waals surface area contributed by atoms with Gasteiger partial charge in [-0.15, -0.1) is 10.2 Å². The molecule has 8 heteroatoms. The molecule has 2 atom stereocenters. The Labute approximate surface area is 131 Å². The number of alkyl halides is 3. The minimum Gasteiger partial charge on any atom is -0.364 e. The number of nitrogens with zero attached hydrogens (tertiary/aromatic N) is 4. The fourth-order valence-electron chi connectivity index (χ4n) is 3.38. The van der Waals surface area contributed by atoms with Gasteiger partial charge in [0.1, 0.15) is 5.82 Å². The number of aromatic nitrogens is 4. The topological polar surface area (TPSA) is 55.1 Å². The summed E-state index contributed by atoms with van der Waals surface area (Å²) in [6.45, 7) is 0. The molecule has 2 aromatic rings. The van der Waals surface area contributed by atoms with Gasteiger partial charge in [-0.05, 0) is 32.1 Å². The van der Waals surface area contributed by atoms with Crippen molar-refractivity contribution in [1.82, 2.24) is 19.6 Å². The maximum Gasteiger partial charge on any atom is 0.391 e. The second kappa shape index (κ2) is 5.35. The van der Waals surface area contributed by atoms with Crippen molar-refractivity contribution in [3.8, 4) is 0 Å². The Morgan fingerprint density at radius 1 is 1.13 bits per heavy atom. The van der Waals surface area contributed by atoms with Gasteiger partial charge >= 0.3 is 6.18 Å². The van der Waals surface area contributed by atoms with Crippen LogP contribution in [-0.2, 0) is 0 Å². The molecule has 2 saturated carbocycles. The number of rotatable bonds is 3. The van der Waals surface area contributed by atoms with E-state index in [2.05, 4.69) is 20.5 Å². The van der Waals surface area contributed by atoms with Crippen molar-refractivity contribution in [2.45, 2.75) is 56.7 Å². The van der Waals surface area contributed by atoms with Crippen molar-refractivity contribution in [2.24, 2.45) is 5.92 Å². The Morgan fingerprint density at radius 2 is 1.96 bits per heavy atom. The normalized spacial score (nSPS) is 25.7. The first-order valence-electron chi connectivity index (χ1n) is 8.05. The van der Waals surface area contributed by atoms with E-state index >= 15 is 0 Å². The second-order valence-electron chi connectivity index (χ2n) is 6.55.